The topological polar surface area (TPSA) is 55.1 Å². The quantitative estimate of drug-likeness (QED) is 0.738. The Balaban J connectivity index is 1.79. The molecule has 0 saturated heterocycles. The molecule has 0 spiro atoms. The average molecular weight is 232 g/mol. The summed E-state index contributed by atoms with van der Waals surface area (Å²) >= 11 is 0. The first-order valence-corrected chi connectivity index (χ1v) is 6.36. The summed E-state index contributed by atoms with van der Waals surface area (Å²) in [5.74, 6) is 0.579. The summed E-state index contributed by atoms with van der Waals surface area (Å²) in [5, 5.41) is 3.39. The number of amides is 1. The molecular weight excluding hydrogens is 212 g/mol. The van der Waals surface area contributed by atoms with Gasteiger partial charge in [0.25, 0.3) is 0 Å². The van der Waals surface area contributed by atoms with Crippen molar-refractivity contribution in [3.63, 3.8) is 0 Å². The van der Waals surface area contributed by atoms with E-state index in [2.05, 4.69) is 5.32 Å². The first kappa shape index (κ1) is 12.1. The van der Waals surface area contributed by atoms with Gasteiger partial charge in [0.2, 0.25) is 5.91 Å². The van der Waals surface area contributed by atoms with E-state index in [1.807, 2.05) is 18.2 Å². The first-order chi connectivity index (χ1) is 8.27. The van der Waals surface area contributed by atoms with E-state index >= 15 is 0 Å². The molecular formula is C14H20N2O. The van der Waals surface area contributed by atoms with E-state index < -0.39 is 0 Å². The van der Waals surface area contributed by atoms with Gasteiger partial charge < -0.3 is 11.1 Å². The van der Waals surface area contributed by atoms with Gasteiger partial charge >= 0.3 is 0 Å². The molecule has 0 aromatic heterocycles. The molecule has 1 saturated carbocycles. The zero-order valence-corrected chi connectivity index (χ0v) is 10.1. The molecule has 0 radical (unpaired) electrons. The van der Waals surface area contributed by atoms with Gasteiger partial charge in [0.05, 0.1) is 0 Å². The van der Waals surface area contributed by atoms with Crippen LogP contribution >= 0.6 is 0 Å². The van der Waals surface area contributed by atoms with Crippen molar-refractivity contribution in [1.29, 1.82) is 0 Å². The third-order valence-corrected chi connectivity index (χ3v) is 3.55. The second kappa shape index (κ2) is 5.82. The van der Waals surface area contributed by atoms with Crippen LogP contribution in [0.3, 0.4) is 0 Å². The third-order valence-electron chi connectivity index (χ3n) is 3.55. The van der Waals surface area contributed by atoms with Gasteiger partial charge in [0, 0.05) is 12.1 Å². The van der Waals surface area contributed by atoms with Crippen molar-refractivity contribution in [3.8, 4) is 0 Å². The lowest BCUT2D eigenvalue weighted by molar-refractivity contribution is 0.0999. The lowest BCUT2D eigenvalue weighted by Gasteiger charge is -2.25. The van der Waals surface area contributed by atoms with Gasteiger partial charge in [-0.3, -0.25) is 4.79 Å². The van der Waals surface area contributed by atoms with Gasteiger partial charge in [0.15, 0.2) is 0 Å². The second-order valence-corrected chi connectivity index (χ2v) is 4.78. The van der Waals surface area contributed by atoms with Crippen LogP contribution in [-0.2, 0) is 6.54 Å². The van der Waals surface area contributed by atoms with Crippen molar-refractivity contribution in [3.05, 3.63) is 35.4 Å². The molecule has 3 N–H and O–H groups in total. The summed E-state index contributed by atoms with van der Waals surface area (Å²) in [5.41, 5.74) is 6.95. The summed E-state index contributed by atoms with van der Waals surface area (Å²) in [4.78, 5) is 11.2. The second-order valence-electron chi connectivity index (χ2n) is 4.78. The lowest BCUT2D eigenvalue weighted by atomic mass is 9.83. The molecule has 0 bridgehead atoms. The van der Waals surface area contributed by atoms with Crippen molar-refractivity contribution in [2.45, 2.75) is 32.2 Å². The van der Waals surface area contributed by atoms with Crippen LogP contribution in [0, 0.1) is 5.92 Å². The van der Waals surface area contributed by atoms with Crippen molar-refractivity contribution >= 4 is 5.91 Å². The molecule has 3 heteroatoms. The van der Waals surface area contributed by atoms with Gasteiger partial charge in [-0.25, -0.2) is 0 Å². The van der Waals surface area contributed by atoms with Crippen LogP contribution in [0.4, 0.5) is 0 Å². The number of primary amides is 1. The van der Waals surface area contributed by atoms with Crippen LogP contribution in [0.2, 0.25) is 0 Å². The summed E-state index contributed by atoms with van der Waals surface area (Å²) in [7, 11) is 0. The fourth-order valence-electron chi connectivity index (χ4n) is 2.23. The largest absolute Gasteiger partial charge is 0.366 e. The average Bonchev–Trinajstić information content (AvgIpc) is 2.26. The molecule has 17 heavy (non-hydrogen) atoms. The van der Waals surface area contributed by atoms with Crippen LogP contribution in [0.15, 0.2) is 24.3 Å². The van der Waals surface area contributed by atoms with E-state index in [-0.39, 0.29) is 5.91 Å². The smallest absolute Gasteiger partial charge is 0.249 e. The molecule has 2 rings (SSSR count). The van der Waals surface area contributed by atoms with Crippen molar-refractivity contribution in [1.82, 2.24) is 5.32 Å². The molecule has 1 aromatic rings. The Morgan fingerprint density at radius 3 is 2.76 bits per heavy atom. The highest BCUT2D eigenvalue weighted by atomic mass is 16.1. The van der Waals surface area contributed by atoms with Gasteiger partial charge in [0.1, 0.15) is 0 Å². The Labute approximate surface area is 102 Å². The zero-order chi connectivity index (χ0) is 12.1. The van der Waals surface area contributed by atoms with Gasteiger partial charge in [-0.1, -0.05) is 37.5 Å². The monoisotopic (exact) mass is 232 g/mol. The number of hydrogen-bond donors (Lipinski definition) is 2. The fourth-order valence-corrected chi connectivity index (χ4v) is 2.23. The van der Waals surface area contributed by atoms with E-state index in [9.17, 15) is 4.79 Å². The van der Waals surface area contributed by atoms with E-state index in [4.69, 9.17) is 5.73 Å². The Morgan fingerprint density at radius 1 is 1.35 bits per heavy atom. The Bertz CT molecular complexity index is 386. The number of nitrogens with two attached hydrogens (primary N) is 1. The molecule has 1 aromatic carbocycles. The number of nitrogens with one attached hydrogen (secondary N) is 1. The zero-order valence-electron chi connectivity index (χ0n) is 10.1. The van der Waals surface area contributed by atoms with Crippen LogP contribution in [0.1, 0.15) is 41.6 Å². The molecule has 3 nitrogen and oxygen atoms in total. The Kier molecular flexibility index (Phi) is 4.15. The number of benzene rings is 1. The molecule has 0 aliphatic heterocycles. The van der Waals surface area contributed by atoms with Crippen molar-refractivity contribution in [2.75, 3.05) is 6.54 Å². The maximum atomic E-state index is 11.2. The van der Waals surface area contributed by atoms with E-state index in [0.717, 1.165) is 24.6 Å². The highest BCUT2D eigenvalue weighted by Crippen LogP contribution is 2.28. The molecule has 1 amide bonds. The number of carbonyl (C=O) groups is 1. The molecule has 1 fully saturated rings. The van der Waals surface area contributed by atoms with E-state index in [0.29, 0.717) is 5.56 Å². The summed E-state index contributed by atoms with van der Waals surface area (Å²) in [6.45, 7) is 1.75. The predicted molar refractivity (Wildman–Crippen MR) is 68.6 cm³/mol. The summed E-state index contributed by atoms with van der Waals surface area (Å²) in [6, 6.07) is 7.52. The van der Waals surface area contributed by atoms with Crippen LogP contribution in [0.25, 0.3) is 0 Å². The normalized spacial score (nSPS) is 15.5. The first-order valence-electron chi connectivity index (χ1n) is 6.36. The maximum absolute atomic E-state index is 11.2. The summed E-state index contributed by atoms with van der Waals surface area (Å²) in [6.07, 6.45) is 5.42. The summed E-state index contributed by atoms with van der Waals surface area (Å²) < 4.78 is 0. The minimum absolute atomic E-state index is 0.346. The number of carbonyl (C=O) groups excluding carboxylic acids is 1. The van der Waals surface area contributed by atoms with Gasteiger partial charge in [-0.2, -0.15) is 0 Å². The van der Waals surface area contributed by atoms with Crippen LogP contribution < -0.4 is 11.1 Å². The lowest BCUT2D eigenvalue weighted by Crippen LogP contribution is -2.23. The van der Waals surface area contributed by atoms with E-state index in [1.54, 1.807) is 6.07 Å². The number of rotatable bonds is 6. The third kappa shape index (κ3) is 3.30. The Hall–Kier alpha value is -1.35. The van der Waals surface area contributed by atoms with Gasteiger partial charge in [-0.15, -0.1) is 0 Å². The van der Waals surface area contributed by atoms with E-state index in [1.165, 1.54) is 25.7 Å². The maximum Gasteiger partial charge on any atom is 0.249 e. The molecule has 0 atom stereocenters. The van der Waals surface area contributed by atoms with Gasteiger partial charge in [-0.05, 0) is 30.5 Å². The Morgan fingerprint density at radius 2 is 2.12 bits per heavy atom. The fraction of sp³-hybridized carbons (Fsp3) is 0.500. The molecule has 1 aliphatic carbocycles. The van der Waals surface area contributed by atoms with Crippen LogP contribution in [-0.4, -0.2) is 12.5 Å². The highest BCUT2D eigenvalue weighted by molar-refractivity contribution is 5.94. The molecule has 0 heterocycles. The van der Waals surface area contributed by atoms with Crippen molar-refractivity contribution in [2.24, 2.45) is 11.7 Å². The minimum Gasteiger partial charge on any atom is -0.366 e. The van der Waals surface area contributed by atoms with Crippen molar-refractivity contribution < 1.29 is 4.79 Å². The van der Waals surface area contributed by atoms with Crippen LogP contribution in [0.5, 0.6) is 0 Å². The molecule has 0 unspecified atom stereocenters. The predicted octanol–water partition coefficient (Wildman–Crippen LogP) is 2.07. The highest BCUT2D eigenvalue weighted by Gasteiger charge is 2.16. The number of hydrogen-bond acceptors (Lipinski definition) is 2. The SMILES string of the molecule is NC(=O)c1ccccc1CNCCC1CCC1. The molecule has 92 valence electrons. The molecule has 1 aliphatic rings. The minimum atomic E-state index is -0.346. The standard InChI is InChI=1S/C14H20N2O/c15-14(17)13-7-2-1-6-12(13)10-16-9-8-11-4-3-5-11/h1-2,6-7,11,16H,3-5,8-10H2,(H2,15,17).